The zero-order chi connectivity index (χ0) is 18.1. The molecule has 0 amide bonds. The lowest BCUT2D eigenvalue weighted by atomic mass is 10.0. The monoisotopic (exact) mass is 352 g/mol. The van der Waals surface area contributed by atoms with Crippen molar-refractivity contribution in [3.05, 3.63) is 84.4 Å². The quantitative estimate of drug-likeness (QED) is 0.537. The van der Waals surface area contributed by atoms with Crippen LogP contribution in [0.15, 0.2) is 72.9 Å². The number of rotatable bonds is 5. The van der Waals surface area contributed by atoms with Gasteiger partial charge in [0.1, 0.15) is 11.6 Å². The Hall–Kier alpha value is -3.27. The van der Waals surface area contributed by atoms with Crippen LogP contribution in [0.5, 0.6) is 0 Å². The van der Waals surface area contributed by atoms with Crippen LogP contribution in [0.4, 0.5) is 5.82 Å². The van der Waals surface area contributed by atoms with E-state index in [4.69, 9.17) is 9.97 Å². The molecule has 0 atom stereocenters. The molecule has 0 saturated heterocycles. The van der Waals surface area contributed by atoms with E-state index in [2.05, 4.69) is 52.8 Å². The molecule has 1 saturated carbocycles. The smallest absolute Gasteiger partial charge is 0.138 e. The average Bonchev–Trinajstić information content (AvgIpc) is 3.58. The third-order valence-electron chi connectivity index (χ3n) is 4.93. The van der Waals surface area contributed by atoms with Crippen LogP contribution in [0.1, 0.15) is 30.3 Å². The van der Waals surface area contributed by atoms with Crippen molar-refractivity contribution in [2.45, 2.75) is 25.3 Å². The molecule has 1 aliphatic carbocycles. The summed E-state index contributed by atoms with van der Waals surface area (Å²) in [5, 5.41) is 4.60. The van der Waals surface area contributed by atoms with Gasteiger partial charge in [0.25, 0.3) is 0 Å². The van der Waals surface area contributed by atoms with Crippen LogP contribution < -0.4 is 5.32 Å². The second kappa shape index (κ2) is 6.80. The van der Waals surface area contributed by atoms with E-state index >= 15 is 0 Å². The molecule has 1 aliphatic rings. The van der Waals surface area contributed by atoms with Crippen molar-refractivity contribution >= 4 is 16.7 Å². The van der Waals surface area contributed by atoms with Crippen molar-refractivity contribution in [3.8, 4) is 11.1 Å². The second-order valence-corrected chi connectivity index (χ2v) is 6.95. The van der Waals surface area contributed by atoms with Crippen molar-refractivity contribution in [3.63, 3.8) is 0 Å². The summed E-state index contributed by atoms with van der Waals surface area (Å²) in [7, 11) is 0. The molecule has 0 bridgehead atoms. The van der Waals surface area contributed by atoms with Crippen molar-refractivity contribution in [2.24, 2.45) is 0 Å². The Labute approximate surface area is 158 Å². The van der Waals surface area contributed by atoms with Gasteiger partial charge >= 0.3 is 0 Å². The summed E-state index contributed by atoms with van der Waals surface area (Å²) in [4.78, 5) is 14.2. The molecular weight excluding hydrogens is 332 g/mol. The highest BCUT2D eigenvalue weighted by molar-refractivity contribution is 6.01. The molecule has 5 rings (SSSR count). The molecular formula is C23H20N4. The largest absolute Gasteiger partial charge is 0.364 e. The van der Waals surface area contributed by atoms with Gasteiger partial charge in [-0.1, -0.05) is 48.5 Å². The third kappa shape index (κ3) is 3.26. The van der Waals surface area contributed by atoms with E-state index in [0.717, 1.165) is 33.8 Å². The van der Waals surface area contributed by atoms with Gasteiger partial charge in [-0.3, -0.25) is 4.98 Å². The highest BCUT2D eigenvalue weighted by Crippen LogP contribution is 2.40. The van der Waals surface area contributed by atoms with Gasteiger partial charge in [-0.05, 0) is 42.2 Å². The number of hydrogen-bond donors (Lipinski definition) is 1. The third-order valence-corrected chi connectivity index (χ3v) is 4.93. The number of benzene rings is 2. The molecule has 1 N–H and O–H groups in total. The fraction of sp³-hybridized carbons (Fsp3) is 0.174. The van der Waals surface area contributed by atoms with Crippen molar-refractivity contribution in [1.29, 1.82) is 0 Å². The second-order valence-electron chi connectivity index (χ2n) is 6.95. The van der Waals surface area contributed by atoms with Crippen molar-refractivity contribution in [2.75, 3.05) is 5.32 Å². The number of nitrogens with zero attached hydrogens (tertiary/aromatic N) is 3. The first-order valence-corrected chi connectivity index (χ1v) is 9.38. The van der Waals surface area contributed by atoms with Gasteiger partial charge in [-0.2, -0.15) is 0 Å². The van der Waals surface area contributed by atoms with E-state index in [-0.39, 0.29) is 0 Å². The van der Waals surface area contributed by atoms with Crippen LogP contribution in [-0.4, -0.2) is 15.0 Å². The number of pyridine rings is 1. The fourth-order valence-corrected chi connectivity index (χ4v) is 3.39. The van der Waals surface area contributed by atoms with E-state index < -0.39 is 0 Å². The summed E-state index contributed by atoms with van der Waals surface area (Å²) in [5.74, 6) is 2.36. The molecule has 4 nitrogen and oxygen atoms in total. The molecule has 2 aromatic heterocycles. The Bertz CT molecular complexity index is 1070. The first-order valence-electron chi connectivity index (χ1n) is 9.38. The molecule has 2 heterocycles. The zero-order valence-corrected chi connectivity index (χ0v) is 15.0. The Morgan fingerprint density at radius 1 is 0.852 bits per heavy atom. The first-order chi connectivity index (χ1) is 13.4. The predicted octanol–water partition coefficient (Wildman–Crippen LogP) is 5.18. The molecule has 0 radical (unpaired) electrons. The summed E-state index contributed by atoms with van der Waals surface area (Å²) in [6.45, 7) is 0.639. The van der Waals surface area contributed by atoms with Gasteiger partial charge in [0, 0.05) is 12.1 Å². The maximum Gasteiger partial charge on any atom is 0.138 e. The zero-order valence-electron chi connectivity index (χ0n) is 15.0. The summed E-state index contributed by atoms with van der Waals surface area (Å²) >= 11 is 0. The molecule has 4 heteroatoms. The minimum atomic E-state index is 0.505. The lowest BCUT2D eigenvalue weighted by Gasteiger charge is -2.14. The Balaban J connectivity index is 1.64. The summed E-state index contributed by atoms with van der Waals surface area (Å²) in [6.07, 6.45) is 4.19. The summed E-state index contributed by atoms with van der Waals surface area (Å²) in [6, 6.07) is 22.7. The Morgan fingerprint density at radius 3 is 2.48 bits per heavy atom. The van der Waals surface area contributed by atoms with Gasteiger partial charge < -0.3 is 5.32 Å². The normalized spacial score (nSPS) is 13.6. The molecule has 0 unspecified atom stereocenters. The average molecular weight is 352 g/mol. The van der Waals surface area contributed by atoms with Gasteiger partial charge in [0.15, 0.2) is 0 Å². The van der Waals surface area contributed by atoms with E-state index in [0.29, 0.717) is 12.5 Å². The number of hydrogen-bond acceptors (Lipinski definition) is 4. The van der Waals surface area contributed by atoms with Gasteiger partial charge in [-0.25, -0.2) is 9.97 Å². The number of anilines is 1. The van der Waals surface area contributed by atoms with Crippen LogP contribution in [-0.2, 0) is 6.54 Å². The van der Waals surface area contributed by atoms with Crippen molar-refractivity contribution < 1.29 is 0 Å². The fourth-order valence-electron chi connectivity index (χ4n) is 3.39. The van der Waals surface area contributed by atoms with Crippen LogP contribution >= 0.6 is 0 Å². The molecule has 132 valence electrons. The minimum Gasteiger partial charge on any atom is -0.364 e. The Morgan fingerprint density at radius 2 is 1.70 bits per heavy atom. The number of nitrogens with one attached hydrogen (secondary N) is 1. The molecule has 2 aromatic carbocycles. The topological polar surface area (TPSA) is 50.7 Å². The predicted molar refractivity (Wildman–Crippen MR) is 109 cm³/mol. The van der Waals surface area contributed by atoms with Crippen LogP contribution in [0.2, 0.25) is 0 Å². The molecule has 1 fully saturated rings. The first kappa shape index (κ1) is 15.9. The standard InChI is InChI=1S/C23H20N4/c1-2-7-16(8-3-1)19-10-6-11-20-21(19)23(27-22(26-20)17-12-13-17)25-15-18-9-4-5-14-24-18/h1-11,14,17H,12-13,15H2,(H,25,26,27). The highest BCUT2D eigenvalue weighted by atomic mass is 15.0. The van der Waals surface area contributed by atoms with E-state index in [9.17, 15) is 0 Å². The SMILES string of the molecule is c1ccc(-c2cccc3nc(C4CC4)nc(NCc4ccccn4)c23)cc1. The minimum absolute atomic E-state index is 0.505. The van der Waals surface area contributed by atoms with Gasteiger partial charge in [0.2, 0.25) is 0 Å². The van der Waals surface area contributed by atoms with Crippen LogP contribution in [0, 0.1) is 0 Å². The number of aromatic nitrogens is 3. The van der Waals surface area contributed by atoms with E-state index in [1.165, 1.54) is 18.4 Å². The lowest BCUT2D eigenvalue weighted by Crippen LogP contribution is -2.07. The highest BCUT2D eigenvalue weighted by Gasteiger charge is 2.28. The van der Waals surface area contributed by atoms with Gasteiger partial charge in [-0.15, -0.1) is 0 Å². The lowest BCUT2D eigenvalue weighted by molar-refractivity contribution is 0.936. The van der Waals surface area contributed by atoms with E-state index in [1.807, 2.05) is 30.5 Å². The molecule has 0 spiro atoms. The van der Waals surface area contributed by atoms with Crippen LogP contribution in [0.3, 0.4) is 0 Å². The maximum absolute atomic E-state index is 4.91. The molecule has 4 aromatic rings. The van der Waals surface area contributed by atoms with Crippen LogP contribution in [0.25, 0.3) is 22.0 Å². The summed E-state index contributed by atoms with van der Waals surface area (Å²) in [5.41, 5.74) is 4.32. The van der Waals surface area contributed by atoms with Crippen molar-refractivity contribution in [1.82, 2.24) is 15.0 Å². The maximum atomic E-state index is 4.91. The number of fused-ring (bicyclic) bond motifs is 1. The summed E-state index contributed by atoms with van der Waals surface area (Å²) < 4.78 is 0. The molecule has 0 aliphatic heterocycles. The van der Waals surface area contributed by atoms with E-state index in [1.54, 1.807) is 0 Å². The van der Waals surface area contributed by atoms with Gasteiger partial charge in [0.05, 0.1) is 23.1 Å². The molecule has 27 heavy (non-hydrogen) atoms. The Kier molecular flexibility index (Phi) is 4.02.